The van der Waals surface area contributed by atoms with Gasteiger partial charge in [0, 0.05) is 43.7 Å². The molecule has 6 rings (SSSR count). The second kappa shape index (κ2) is 9.79. The number of pyridine rings is 1. The van der Waals surface area contributed by atoms with Crippen molar-refractivity contribution in [2.24, 2.45) is 0 Å². The molecule has 1 N–H and O–H groups in total. The molecular formula is C27H30N8O2. The molecule has 1 aliphatic rings. The topological polar surface area (TPSA) is 99.1 Å². The number of rotatable bonds is 7. The van der Waals surface area contributed by atoms with E-state index in [4.69, 9.17) is 19.8 Å². The van der Waals surface area contributed by atoms with Gasteiger partial charge in [0.2, 0.25) is 0 Å². The number of morpholine rings is 1. The van der Waals surface area contributed by atoms with Crippen LogP contribution in [0.3, 0.4) is 0 Å². The van der Waals surface area contributed by atoms with Crippen molar-refractivity contribution in [1.82, 2.24) is 34.1 Å². The fraction of sp³-hybridized carbons (Fsp3) is 0.333. The fourth-order valence-corrected chi connectivity index (χ4v) is 4.93. The lowest BCUT2D eigenvalue weighted by atomic mass is 10.1. The Morgan fingerprint density at radius 2 is 1.92 bits per heavy atom. The normalized spacial score (nSPS) is 14.1. The number of aromatic nitrogens is 7. The van der Waals surface area contributed by atoms with Crippen LogP contribution in [-0.2, 0) is 24.4 Å². The lowest BCUT2D eigenvalue weighted by Gasteiger charge is -2.29. The number of nitrogens with zero attached hydrogens (tertiary/aromatic N) is 8. The molecule has 1 saturated heterocycles. The van der Waals surface area contributed by atoms with Crippen molar-refractivity contribution in [2.45, 2.75) is 33.5 Å². The summed E-state index contributed by atoms with van der Waals surface area (Å²) in [6.45, 7) is 8.14. The minimum Gasteiger partial charge on any atom is -0.390 e. The van der Waals surface area contributed by atoms with E-state index in [9.17, 15) is 5.11 Å². The molecule has 5 aromatic rings. The van der Waals surface area contributed by atoms with Crippen LogP contribution in [-0.4, -0.2) is 65.5 Å². The van der Waals surface area contributed by atoms with Crippen LogP contribution in [0.5, 0.6) is 0 Å². The summed E-state index contributed by atoms with van der Waals surface area (Å²) in [5.74, 6) is 1.54. The van der Waals surface area contributed by atoms with Crippen molar-refractivity contribution < 1.29 is 9.84 Å². The molecule has 1 fully saturated rings. The summed E-state index contributed by atoms with van der Waals surface area (Å²) in [7, 11) is 0. The maximum absolute atomic E-state index is 10.2. The third kappa shape index (κ3) is 4.38. The average Bonchev–Trinajstić information content (AvgIpc) is 3.67. The van der Waals surface area contributed by atoms with E-state index < -0.39 is 0 Å². The number of ether oxygens (including phenoxy) is 1. The highest BCUT2D eigenvalue weighted by Crippen LogP contribution is 2.31. The van der Waals surface area contributed by atoms with Gasteiger partial charge in [-0.2, -0.15) is 10.2 Å². The van der Waals surface area contributed by atoms with Gasteiger partial charge in [0.15, 0.2) is 11.5 Å². The Morgan fingerprint density at radius 3 is 2.65 bits per heavy atom. The van der Waals surface area contributed by atoms with Gasteiger partial charge >= 0.3 is 0 Å². The highest BCUT2D eigenvalue weighted by Gasteiger charge is 2.23. The van der Waals surface area contributed by atoms with Gasteiger partial charge < -0.3 is 19.3 Å². The minimum absolute atomic E-state index is 0.150. The number of benzene rings is 1. The molecule has 0 spiro atoms. The van der Waals surface area contributed by atoms with Gasteiger partial charge in [0.1, 0.15) is 11.3 Å². The van der Waals surface area contributed by atoms with Crippen LogP contribution in [0.1, 0.15) is 24.0 Å². The van der Waals surface area contributed by atoms with Gasteiger partial charge in [-0.3, -0.25) is 4.68 Å². The van der Waals surface area contributed by atoms with Gasteiger partial charge in [-0.25, -0.2) is 14.6 Å². The quantitative estimate of drug-likeness (QED) is 0.368. The Kier molecular flexibility index (Phi) is 6.19. The zero-order valence-electron chi connectivity index (χ0n) is 21.1. The standard InChI is InChI=1S/C27H30N8O2/c1-3-34-25(17-33-9-5-8-28-33)29-26-23(32-10-12-37-13-11-32)16-24(30-27(26)34)35-21(18-36)15-22(31-35)20-7-4-6-19(2)14-20/h4-9,14-16,36H,3,10-13,17-18H2,1-2H3. The predicted octanol–water partition coefficient (Wildman–Crippen LogP) is 3.19. The Hall–Kier alpha value is -4.02. The summed E-state index contributed by atoms with van der Waals surface area (Å²) in [4.78, 5) is 12.4. The second-order valence-corrected chi connectivity index (χ2v) is 9.21. The first kappa shape index (κ1) is 23.4. The molecule has 0 saturated carbocycles. The Labute approximate surface area is 214 Å². The number of anilines is 1. The summed E-state index contributed by atoms with van der Waals surface area (Å²) in [5, 5.41) is 19.5. The van der Waals surface area contributed by atoms with Crippen LogP contribution >= 0.6 is 0 Å². The summed E-state index contributed by atoms with van der Waals surface area (Å²) in [5.41, 5.74) is 6.27. The van der Waals surface area contributed by atoms with Crippen LogP contribution < -0.4 is 4.90 Å². The number of aliphatic hydroxyl groups is 1. The first-order valence-corrected chi connectivity index (χ1v) is 12.6. The van der Waals surface area contributed by atoms with Gasteiger partial charge in [-0.15, -0.1) is 0 Å². The van der Waals surface area contributed by atoms with Crippen molar-refractivity contribution in [3.8, 4) is 17.1 Å². The highest BCUT2D eigenvalue weighted by molar-refractivity contribution is 5.88. The largest absolute Gasteiger partial charge is 0.390 e. The number of fused-ring (bicyclic) bond motifs is 1. The van der Waals surface area contributed by atoms with E-state index in [1.54, 1.807) is 10.9 Å². The van der Waals surface area contributed by atoms with Crippen molar-refractivity contribution in [3.63, 3.8) is 0 Å². The minimum atomic E-state index is -0.150. The SMILES string of the molecule is CCn1c(Cn2cccn2)nc2c(N3CCOCC3)cc(-n3nc(-c4cccc(C)c4)cc3CO)nc21. The number of aliphatic hydroxyl groups excluding tert-OH is 1. The van der Waals surface area contributed by atoms with E-state index in [0.29, 0.717) is 37.8 Å². The number of imidazole rings is 1. The maximum atomic E-state index is 10.2. The molecule has 0 aliphatic carbocycles. The first-order valence-electron chi connectivity index (χ1n) is 12.6. The predicted molar refractivity (Wildman–Crippen MR) is 141 cm³/mol. The Balaban J connectivity index is 1.53. The summed E-state index contributed by atoms with van der Waals surface area (Å²) in [6, 6.07) is 14.1. The zero-order valence-corrected chi connectivity index (χ0v) is 21.1. The highest BCUT2D eigenvalue weighted by atomic mass is 16.5. The van der Waals surface area contributed by atoms with Crippen LogP contribution in [0, 0.1) is 6.92 Å². The van der Waals surface area contributed by atoms with Crippen molar-refractivity contribution in [2.75, 3.05) is 31.2 Å². The molecule has 0 bridgehead atoms. The number of hydrogen-bond acceptors (Lipinski definition) is 7. The Morgan fingerprint density at radius 1 is 1.05 bits per heavy atom. The van der Waals surface area contributed by atoms with E-state index in [2.05, 4.69) is 40.5 Å². The van der Waals surface area contributed by atoms with E-state index >= 15 is 0 Å². The molecule has 0 unspecified atom stereocenters. The van der Waals surface area contributed by atoms with Crippen LogP contribution in [0.15, 0.2) is 54.9 Å². The summed E-state index contributed by atoms with van der Waals surface area (Å²) in [6.07, 6.45) is 3.71. The van der Waals surface area contributed by atoms with E-state index in [-0.39, 0.29) is 6.61 Å². The monoisotopic (exact) mass is 498 g/mol. The van der Waals surface area contributed by atoms with Gasteiger partial charge in [-0.05, 0) is 32.0 Å². The lowest BCUT2D eigenvalue weighted by Crippen LogP contribution is -2.36. The molecule has 4 aromatic heterocycles. The van der Waals surface area contributed by atoms with Crippen molar-refractivity contribution >= 4 is 16.9 Å². The summed E-state index contributed by atoms with van der Waals surface area (Å²) >= 11 is 0. The molecule has 5 heterocycles. The molecule has 1 aromatic carbocycles. The van der Waals surface area contributed by atoms with Crippen molar-refractivity contribution in [1.29, 1.82) is 0 Å². The van der Waals surface area contributed by atoms with E-state index in [1.807, 2.05) is 41.2 Å². The van der Waals surface area contributed by atoms with Crippen LogP contribution in [0.4, 0.5) is 5.69 Å². The fourth-order valence-electron chi connectivity index (χ4n) is 4.93. The van der Waals surface area contributed by atoms with Crippen molar-refractivity contribution in [3.05, 3.63) is 71.9 Å². The molecule has 10 nitrogen and oxygen atoms in total. The smallest absolute Gasteiger partial charge is 0.164 e. The third-order valence-electron chi connectivity index (χ3n) is 6.76. The first-order chi connectivity index (χ1) is 18.1. The average molecular weight is 499 g/mol. The molecule has 0 radical (unpaired) electrons. The van der Waals surface area contributed by atoms with E-state index in [1.165, 1.54) is 0 Å². The molecular weight excluding hydrogens is 468 g/mol. The lowest BCUT2D eigenvalue weighted by molar-refractivity contribution is 0.123. The van der Waals surface area contributed by atoms with Crippen LogP contribution in [0.2, 0.25) is 0 Å². The summed E-state index contributed by atoms with van der Waals surface area (Å²) < 4.78 is 11.4. The molecule has 10 heteroatoms. The zero-order chi connectivity index (χ0) is 25.4. The molecule has 0 atom stereocenters. The Bertz CT molecular complexity index is 1530. The van der Waals surface area contributed by atoms with Gasteiger partial charge in [0.05, 0.1) is 43.4 Å². The second-order valence-electron chi connectivity index (χ2n) is 9.21. The molecule has 37 heavy (non-hydrogen) atoms. The maximum Gasteiger partial charge on any atom is 0.164 e. The van der Waals surface area contributed by atoms with E-state index in [0.717, 1.165) is 52.6 Å². The number of hydrogen-bond donors (Lipinski definition) is 1. The van der Waals surface area contributed by atoms with Crippen LogP contribution in [0.25, 0.3) is 28.2 Å². The van der Waals surface area contributed by atoms with Gasteiger partial charge in [-0.1, -0.05) is 23.8 Å². The van der Waals surface area contributed by atoms with Gasteiger partial charge in [0.25, 0.3) is 0 Å². The molecule has 0 amide bonds. The third-order valence-corrected chi connectivity index (χ3v) is 6.76. The number of aryl methyl sites for hydroxylation is 2. The molecule has 190 valence electrons. The molecule has 1 aliphatic heterocycles.